The summed E-state index contributed by atoms with van der Waals surface area (Å²) in [6, 6.07) is 7.52. The maximum absolute atomic E-state index is 12.0. The van der Waals surface area contributed by atoms with Crippen molar-refractivity contribution >= 4 is 17.5 Å². The zero-order valence-corrected chi connectivity index (χ0v) is 12.2. The summed E-state index contributed by atoms with van der Waals surface area (Å²) in [5.74, 6) is 0.166. The topological polar surface area (TPSA) is 49.4 Å². The van der Waals surface area contributed by atoms with Gasteiger partial charge in [-0.2, -0.15) is 0 Å². The van der Waals surface area contributed by atoms with Crippen LogP contribution in [0.2, 0.25) is 0 Å². The van der Waals surface area contributed by atoms with Gasteiger partial charge >= 0.3 is 0 Å². The van der Waals surface area contributed by atoms with Gasteiger partial charge in [0, 0.05) is 24.7 Å². The largest absolute Gasteiger partial charge is 0.342 e. The van der Waals surface area contributed by atoms with Gasteiger partial charge in [-0.05, 0) is 30.5 Å². The van der Waals surface area contributed by atoms with E-state index in [0.29, 0.717) is 6.42 Å². The van der Waals surface area contributed by atoms with Crippen LogP contribution >= 0.6 is 0 Å². The molecule has 1 aromatic carbocycles. The Morgan fingerprint density at radius 3 is 2.30 bits per heavy atom. The van der Waals surface area contributed by atoms with Gasteiger partial charge in [0.1, 0.15) is 0 Å². The highest BCUT2D eigenvalue weighted by atomic mass is 16.2. The molecule has 0 unspecified atom stereocenters. The van der Waals surface area contributed by atoms with E-state index in [-0.39, 0.29) is 17.7 Å². The van der Waals surface area contributed by atoms with Crippen LogP contribution in [0.25, 0.3) is 0 Å². The molecular formula is C16H22N2O2. The molecule has 0 aliphatic carbocycles. The van der Waals surface area contributed by atoms with Gasteiger partial charge in [0.05, 0.1) is 6.42 Å². The van der Waals surface area contributed by atoms with Crippen molar-refractivity contribution in [1.82, 2.24) is 4.90 Å². The Morgan fingerprint density at radius 2 is 1.75 bits per heavy atom. The lowest BCUT2D eigenvalue weighted by Gasteiger charge is -2.15. The number of carbonyl (C=O) groups is 2. The molecule has 20 heavy (non-hydrogen) atoms. The summed E-state index contributed by atoms with van der Waals surface area (Å²) in [6.45, 7) is 5.50. The molecule has 1 aliphatic heterocycles. The van der Waals surface area contributed by atoms with Gasteiger partial charge in [-0.3, -0.25) is 9.59 Å². The number of carbonyl (C=O) groups excluding carboxylic acids is 2. The van der Waals surface area contributed by atoms with Crippen molar-refractivity contribution in [3.63, 3.8) is 0 Å². The Balaban J connectivity index is 1.91. The average molecular weight is 274 g/mol. The van der Waals surface area contributed by atoms with E-state index in [2.05, 4.69) is 5.32 Å². The van der Waals surface area contributed by atoms with Crippen molar-refractivity contribution in [2.24, 2.45) is 5.92 Å². The molecule has 0 saturated carbocycles. The second kappa shape index (κ2) is 6.55. The Hall–Kier alpha value is -1.84. The van der Waals surface area contributed by atoms with Crippen LogP contribution in [0.3, 0.4) is 0 Å². The predicted molar refractivity (Wildman–Crippen MR) is 79.4 cm³/mol. The molecule has 1 heterocycles. The van der Waals surface area contributed by atoms with Gasteiger partial charge in [-0.15, -0.1) is 0 Å². The molecule has 1 aromatic rings. The van der Waals surface area contributed by atoms with Crippen LogP contribution in [-0.4, -0.2) is 29.8 Å². The highest BCUT2D eigenvalue weighted by Gasteiger charge is 2.17. The maximum Gasteiger partial charge on any atom is 0.226 e. The smallest absolute Gasteiger partial charge is 0.226 e. The van der Waals surface area contributed by atoms with Gasteiger partial charge in [0.2, 0.25) is 11.8 Å². The number of anilines is 1. The van der Waals surface area contributed by atoms with Gasteiger partial charge in [0.25, 0.3) is 0 Å². The number of hydrogen-bond acceptors (Lipinski definition) is 2. The fourth-order valence-corrected chi connectivity index (χ4v) is 2.25. The summed E-state index contributed by atoms with van der Waals surface area (Å²) in [4.78, 5) is 25.5. The van der Waals surface area contributed by atoms with Gasteiger partial charge in [0.15, 0.2) is 0 Å². The molecule has 1 aliphatic rings. The number of likely N-dealkylation sites (tertiary alicyclic amines) is 1. The normalized spacial score (nSPS) is 14.7. The molecule has 1 N–H and O–H groups in total. The Morgan fingerprint density at radius 1 is 1.15 bits per heavy atom. The number of nitrogens with zero attached hydrogens (tertiary/aromatic N) is 1. The van der Waals surface area contributed by atoms with Crippen molar-refractivity contribution in [2.75, 3.05) is 18.4 Å². The quantitative estimate of drug-likeness (QED) is 0.916. The lowest BCUT2D eigenvalue weighted by Crippen LogP contribution is -2.29. The summed E-state index contributed by atoms with van der Waals surface area (Å²) in [6.07, 6.45) is 2.68. The highest BCUT2D eigenvalue weighted by molar-refractivity contribution is 5.92. The number of rotatable bonds is 4. The summed E-state index contributed by atoms with van der Waals surface area (Å²) in [7, 11) is 0. The molecule has 0 aromatic heterocycles. The molecule has 4 heteroatoms. The molecule has 0 atom stereocenters. The number of amides is 2. The van der Waals surface area contributed by atoms with E-state index in [0.717, 1.165) is 37.2 Å². The van der Waals surface area contributed by atoms with E-state index in [4.69, 9.17) is 0 Å². The molecule has 0 spiro atoms. The third-order valence-corrected chi connectivity index (χ3v) is 3.56. The lowest BCUT2D eigenvalue weighted by atomic mass is 10.1. The monoisotopic (exact) mass is 274 g/mol. The highest BCUT2D eigenvalue weighted by Crippen LogP contribution is 2.14. The Labute approximate surface area is 120 Å². The maximum atomic E-state index is 12.0. The van der Waals surface area contributed by atoms with Gasteiger partial charge in [-0.25, -0.2) is 0 Å². The van der Waals surface area contributed by atoms with E-state index in [1.165, 1.54) is 0 Å². The minimum Gasteiger partial charge on any atom is -0.342 e. The Bertz CT molecular complexity index is 474. The van der Waals surface area contributed by atoms with E-state index >= 15 is 0 Å². The zero-order chi connectivity index (χ0) is 14.5. The molecule has 2 amide bonds. The van der Waals surface area contributed by atoms with Crippen molar-refractivity contribution in [3.8, 4) is 0 Å². The predicted octanol–water partition coefficient (Wildman–Crippen LogP) is 2.45. The minimum atomic E-state index is -0.0357. The van der Waals surface area contributed by atoms with Gasteiger partial charge in [-0.1, -0.05) is 26.0 Å². The minimum absolute atomic E-state index is 0.00546. The second-order valence-corrected chi connectivity index (χ2v) is 5.61. The number of hydrogen-bond donors (Lipinski definition) is 1. The fourth-order valence-electron chi connectivity index (χ4n) is 2.25. The summed E-state index contributed by atoms with van der Waals surface area (Å²) >= 11 is 0. The average Bonchev–Trinajstić information content (AvgIpc) is 2.95. The third kappa shape index (κ3) is 3.83. The molecular weight excluding hydrogens is 252 g/mol. The molecule has 108 valence electrons. The number of benzene rings is 1. The van der Waals surface area contributed by atoms with Crippen molar-refractivity contribution in [3.05, 3.63) is 29.8 Å². The van der Waals surface area contributed by atoms with Crippen molar-refractivity contribution in [2.45, 2.75) is 33.1 Å². The first-order valence-electron chi connectivity index (χ1n) is 7.24. The van der Waals surface area contributed by atoms with E-state index in [9.17, 15) is 9.59 Å². The zero-order valence-electron chi connectivity index (χ0n) is 12.2. The van der Waals surface area contributed by atoms with Crippen LogP contribution in [-0.2, 0) is 16.0 Å². The second-order valence-electron chi connectivity index (χ2n) is 5.61. The fraction of sp³-hybridized carbons (Fsp3) is 0.500. The SMILES string of the molecule is CC(C)C(=O)Nc1ccc(CC(=O)N2CCCC2)cc1. The first-order valence-corrected chi connectivity index (χ1v) is 7.24. The third-order valence-electron chi connectivity index (χ3n) is 3.56. The first kappa shape index (κ1) is 14.6. The van der Waals surface area contributed by atoms with E-state index < -0.39 is 0 Å². The van der Waals surface area contributed by atoms with Gasteiger partial charge < -0.3 is 10.2 Å². The van der Waals surface area contributed by atoms with Crippen molar-refractivity contribution < 1.29 is 9.59 Å². The summed E-state index contributed by atoms with van der Waals surface area (Å²) in [5, 5.41) is 2.84. The molecule has 2 rings (SSSR count). The van der Waals surface area contributed by atoms with E-state index in [1.807, 2.05) is 43.0 Å². The standard InChI is InChI=1S/C16H22N2O2/c1-12(2)16(20)17-14-7-5-13(6-8-14)11-15(19)18-9-3-4-10-18/h5-8,12H,3-4,9-11H2,1-2H3,(H,17,20). The number of nitrogens with one attached hydrogen (secondary N) is 1. The first-order chi connectivity index (χ1) is 9.56. The van der Waals surface area contributed by atoms with Crippen LogP contribution in [0.4, 0.5) is 5.69 Å². The van der Waals surface area contributed by atoms with Crippen LogP contribution in [0.5, 0.6) is 0 Å². The van der Waals surface area contributed by atoms with Crippen LogP contribution < -0.4 is 5.32 Å². The molecule has 0 bridgehead atoms. The molecule has 1 saturated heterocycles. The lowest BCUT2D eigenvalue weighted by molar-refractivity contribution is -0.129. The molecule has 0 radical (unpaired) electrons. The summed E-state index contributed by atoms with van der Waals surface area (Å²) in [5.41, 5.74) is 1.77. The summed E-state index contributed by atoms with van der Waals surface area (Å²) < 4.78 is 0. The van der Waals surface area contributed by atoms with E-state index in [1.54, 1.807) is 0 Å². The Kier molecular flexibility index (Phi) is 4.77. The van der Waals surface area contributed by atoms with Crippen LogP contribution in [0, 0.1) is 5.92 Å². The van der Waals surface area contributed by atoms with Crippen LogP contribution in [0.15, 0.2) is 24.3 Å². The van der Waals surface area contributed by atoms with Crippen molar-refractivity contribution in [1.29, 1.82) is 0 Å². The molecule has 4 nitrogen and oxygen atoms in total. The molecule has 1 fully saturated rings. The van der Waals surface area contributed by atoms with Crippen LogP contribution in [0.1, 0.15) is 32.3 Å².